The second kappa shape index (κ2) is 7.48. The van der Waals surface area contributed by atoms with E-state index in [0.29, 0.717) is 18.7 Å². The lowest BCUT2D eigenvalue weighted by molar-refractivity contribution is -0.118. The fourth-order valence-corrected chi connectivity index (χ4v) is 3.85. The summed E-state index contributed by atoms with van der Waals surface area (Å²) in [5.41, 5.74) is 1.91. The van der Waals surface area contributed by atoms with Gasteiger partial charge in [0.25, 0.3) is 5.91 Å². The maximum atomic E-state index is 12.7. The molecule has 3 heterocycles. The largest absolute Gasteiger partial charge is 0.339 e. The minimum absolute atomic E-state index is 0.0852. The van der Waals surface area contributed by atoms with Crippen LogP contribution in [-0.4, -0.2) is 52.5 Å². The van der Waals surface area contributed by atoms with Crippen LogP contribution in [0.25, 0.3) is 0 Å². The van der Waals surface area contributed by atoms with Gasteiger partial charge in [-0.2, -0.15) is 0 Å². The monoisotopic (exact) mass is 368 g/mol. The van der Waals surface area contributed by atoms with Crippen LogP contribution in [0.4, 0.5) is 5.69 Å². The normalized spacial score (nSPS) is 20.9. The zero-order chi connectivity index (χ0) is 18.8. The Kier molecular flexibility index (Phi) is 4.89. The van der Waals surface area contributed by atoms with E-state index in [4.69, 9.17) is 0 Å². The molecule has 2 aliphatic heterocycles. The summed E-state index contributed by atoms with van der Waals surface area (Å²) in [6.45, 7) is 4.34. The molecule has 8 heteroatoms. The Morgan fingerprint density at radius 2 is 1.93 bits per heavy atom. The van der Waals surface area contributed by atoms with Gasteiger partial charge >= 0.3 is 0 Å². The molecule has 4 rings (SSSR count). The molecular formula is C19H24N6O2. The number of para-hydroxylation sites is 1. The molecule has 2 N–H and O–H groups in total. The molecular weight excluding hydrogens is 344 g/mol. The predicted molar refractivity (Wildman–Crippen MR) is 101 cm³/mol. The van der Waals surface area contributed by atoms with Gasteiger partial charge in [-0.25, -0.2) is 4.68 Å². The average molecular weight is 368 g/mol. The molecule has 2 amide bonds. The van der Waals surface area contributed by atoms with Crippen LogP contribution in [0.2, 0.25) is 0 Å². The smallest absolute Gasteiger partial charge is 0.274 e. The number of anilines is 1. The van der Waals surface area contributed by atoms with E-state index in [2.05, 4.69) is 20.9 Å². The molecule has 1 atom stereocenters. The van der Waals surface area contributed by atoms with Crippen molar-refractivity contribution in [3.05, 3.63) is 41.7 Å². The van der Waals surface area contributed by atoms with Crippen molar-refractivity contribution in [2.75, 3.05) is 24.5 Å². The van der Waals surface area contributed by atoms with E-state index in [9.17, 15) is 9.59 Å². The number of piperidine rings is 1. The third kappa shape index (κ3) is 3.44. The summed E-state index contributed by atoms with van der Waals surface area (Å²) in [5.74, 6) is -0.418. The van der Waals surface area contributed by atoms with Gasteiger partial charge in [-0.05, 0) is 51.4 Å². The molecule has 2 fully saturated rings. The van der Waals surface area contributed by atoms with Crippen molar-refractivity contribution in [1.29, 1.82) is 0 Å². The summed E-state index contributed by atoms with van der Waals surface area (Å²) in [7, 11) is 0. The molecule has 142 valence electrons. The van der Waals surface area contributed by atoms with Crippen molar-refractivity contribution in [2.45, 2.75) is 38.3 Å². The van der Waals surface area contributed by atoms with E-state index in [-0.39, 0.29) is 17.9 Å². The maximum Gasteiger partial charge on any atom is 0.274 e. The van der Waals surface area contributed by atoms with Gasteiger partial charge in [0.1, 0.15) is 6.04 Å². The molecule has 1 aromatic heterocycles. The maximum absolute atomic E-state index is 12.7. The van der Waals surface area contributed by atoms with Crippen LogP contribution in [0.5, 0.6) is 0 Å². The SMILES string of the molecule is Cc1c(C(=O)NC2CCN(c3ccccc3)C2=O)nnn1C1CCNCC1. The first kappa shape index (κ1) is 17.7. The third-order valence-corrected chi connectivity index (χ3v) is 5.38. The third-order valence-electron chi connectivity index (χ3n) is 5.38. The zero-order valence-electron chi connectivity index (χ0n) is 15.4. The second-order valence-electron chi connectivity index (χ2n) is 7.09. The Morgan fingerprint density at radius 1 is 1.19 bits per heavy atom. The minimum Gasteiger partial charge on any atom is -0.339 e. The molecule has 0 bridgehead atoms. The fraction of sp³-hybridized carbons (Fsp3) is 0.474. The van der Waals surface area contributed by atoms with E-state index in [0.717, 1.165) is 37.3 Å². The Labute approximate surface area is 157 Å². The number of aromatic nitrogens is 3. The number of amides is 2. The van der Waals surface area contributed by atoms with Crippen molar-refractivity contribution in [3.8, 4) is 0 Å². The summed E-state index contributed by atoms with van der Waals surface area (Å²) in [5, 5.41) is 14.5. The Balaban J connectivity index is 1.44. The summed E-state index contributed by atoms with van der Waals surface area (Å²) in [4.78, 5) is 27.1. The number of nitrogens with one attached hydrogen (secondary N) is 2. The first-order valence-corrected chi connectivity index (χ1v) is 9.45. The fourth-order valence-electron chi connectivity index (χ4n) is 3.85. The number of rotatable bonds is 4. The highest BCUT2D eigenvalue weighted by molar-refractivity contribution is 6.03. The molecule has 0 radical (unpaired) electrons. The summed E-state index contributed by atoms with van der Waals surface area (Å²) in [6.07, 6.45) is 2.53. The predicted octanol–water partition coefficient (Wildman–Crippen LogP) is 1.05. The lowest BCUT2D eigenvalue weighted by Gasteiger charge is -2.23. The average Bonchev–Trinajstić information content (AvgIpc) is 3.26. The van der Waals surface area contributed by atoms with E-state index in [1.165, 1.54) is 0 Å². The number of nitrogens with zero attached hydrogens (tertiary/aromatic N) is 4. The van der Waals surface area contributed by atoms with Crippen molar-refractivity contribution in [3.63, 3.8) is 0 Å². The van der Waals surface area contributed by atoms with Gasteiger partial charge in [-0.3, -0.25) is 9.59 Å². The molecule has 2 saturated heterocycles. The van der Waals surface area contributed by atoms with Crippen LogP contribution in [0, 0.1) is 6.92 Å². The molecule has 27 heavy (non-hydrogen) atoms. The van der Waals surface area contributed by atoms with Crippen molar-refractivity contribution in [1.82, 2.24) is 25.6 Å². The molecule has 0 saturated carbocycles. The number of carbonyl (C=O) groups is 2. The molecule has 1 aromatic carbocycles. The lowest BCUT2D eigenvalue weighted by atomic mass is 10.1. The van der Waals surface area contributed by atoms with Crippen LogP contribution in [0.3, 0.4) is 0 Å². The van der Waals surface area contributed by atoms with Gasteiger partial charge in [-0.1, -0.05) is 23.4 Å². The van der Waals surface area contributed by atoms with Crippen LogP contribution in [0.1, 0.15) is 41.5 Å². The highest BCUT2D eigenvalue weighted by atomic mass is 16.2. The van der Waals surface area contributed by atoms with Gasteiger partial charge < -0.3 is 15.5 Å². The van der Waals surface area contributed by atoms with Crippen LogP contribution in [-0.2, 0) is 4.79 Å². The summed E-state index contributed by atoms with van der Waals surface area (Å²) >= 11 is 0. The quantitative estimate of drug-likeness (QED) is 0.841. The van der Waals surface area contributed by atoms with Gasteiger partial charge in [-0.15, -0.1) is 5.10 Å². The topological polar surface area (TPSA) is 92.2 Å². The number of hydrogen-bond acceptors (Lipinski definition) is 5. The van der Waals surface area contributed by atoms with Gasteiger partial charge in [0.05, 0.1) is 11.7 Å². The number of hydrogen-bond donors (Lipinski definition) is 2. The minimum atomic E-state index is -0.527. The van der Waals surface area contributed by atoms with E-state index < -0.39 is 6.04 Å². The van der Waals surface area contributed by atoms with Gasteiger partial charge in [0.2, 0.25) is 5.91 Å². The van der Waals surface area contributed by atoms with Crippen LogP contribution in [0.15, 0.2) is 30.3 Å². The summed E-state index contributed by atoms with van der Waals surface area (Å²) in [6, 6.07) is 9.25. The first-order valence-electron chi connectivity index (χ1n) is 9.45. The van der Waals surface area contributed by atoms with E-state index in [1.54, 1.807) is 4.90 Å². The molecule has 2 aromatic rings. The number of benzene rings is 1. The molecule has 1 unspecified atom stereocenters. The van der Waals surface area contributed by atoms with E-state index in [1.807, 2.05) is 41.9 Å². The Morgan fingerprint density at radius 3 is 2.67 bits per heavy atom. The summed E-state index contributed by atoms with van der Waals surface area (Å²) < 4.78 is 1.85. The van der Waals surface area contributed by atoms with E-state index >= 15 is 0 Å². The van der Waals surface area contributed by atoms with Crippen LogP contribution >= 0.6 is 0 Å². The molecule has 2 aliphatic rings. The second-order valence-corrected chi connectivity index (χ2v) is 7.09. The highest BCUT2D eigenvalue weighted by Gasteiger charge is 2.34. The Bertz CT molecular complexity index is 828. The molecule has 0 spiro atoms. The number of carbonyl (C=O) groups excluding carboxylic acids is 2. The van der Waals surface area contributed by atoms with Gasteiger partial charge in [0, 0.05) is 12.2 Å². The van der Waals surface area contributed by atoms with Crippen molar-refractivity contribution in [2.24, 2.45) is 0 Å². The van der Waals surface area contributed by atoms with Crippen molar-refractivity contribution < 1.29 is 9.59 Å². The molecule has 0 aliphatic carbocycles. The first-order chi connectivity index (χ1) is 13.1. The standard InChI is InChI=1S/C19H24N6O2/c1-13-17(22-23-25(13)15-7-10-20-11-8-15)18(26)21-16-9-12-24(19(16)27)14-5-3-2-4-6-14/h2-6,15-16,20H,7-12H2,1H3,(H,21,26). The van der Waals surface area contributed by atoms with Crippen LogP contribution < -0.4 is 15.5 Å². The van der Waals surface area contributed by atoms with Gasteiger partial charge in [0.15, 0.2) is 5.69 Å². The zero-order valence-corrected chi connectivity index (χ0v) is 15.4. The van der Waals surface area contributed by atoms with Crippen molar-refractivity contribution >= 4 is 17.5 Å². The molecule has 8 nitrogen and oxygen atoms in total. The highest BCUT2D eigenvalue weighted by Crippen LogP contribution is 2.22. The Hall–Kier alpha value is -2.74. The lowest BCUT2D eigenvalue weighted by Crippen LogP contribution is -2.42.